The van der Waals surface area contributed by atoms with Crippen LogP contribution in [0.15, 0.2) is 24.3 Å². The molecule has 0 spiro atoms. The van der Waals surface area contributed by atoms with Crippen molar-refractivity contribution in [2.24, 2.45) is 0 Å². The second kappa shape index (κ2) is 10.4. The quantitative estimate of drug-likeness (QED) is 0.484. The summed E-state index contributed by atoms with van der Waals surface area (Å²) >= 11 is 0. The van der Waals surface area contributed by atoms with E-state index in [2.05, 4.69) is 44.8 Å². The van der Waals surface area contributed by atoms with Gasteiger partial charge >= 0.3 is 0 Å². The summed E-state index contributed by atoms with van der Waals surface area (Å²) in [5.74, 6) is 0.965. The molecule has 0 bridgehead atoms. The lowest BCUT2D eigenvalue weighted by Gasteiger charge is -2.20. The number of hydrogen-bond donors (Lipinski definition) is 1. The van der Waals surface area contributed by atoms with Crippen LogP contribution in [-0.2, 0) is 12.0 Å². The molecule has 3 rings (SSSR count). The molecular formula is C24H34ClN5O3. The molecular weight excluding hydrogens is 442 g/mol. The molecule has 2 heterocycles. The van der Waals surface area contributed by atoms with Crippen LogP contribution in [0.25, 0.3) is 5.65 Å². The molecule has 3 aromatic rings. The third-order valence-corrected chi connectivity index (χ3v) is 5.57. The molecule has 2 aromatic heterocycles. The predicted octanol–water partition coefficient (Wildman–Crippen LogP) is 4.50. The molecule has 0 saturated heterocycles. The van der Waals surface area contributed by atoms with Crippen molar-refractivity contribution in [3.63, 3.8) is 0 Å². The van der Waals surface area contributed by atoms with E-state index in [0.717, 1.165) is 24.0 Å². The number of carbonyl (C=O) groups is 1. The van der Waals surface area contributed by atoms with Crippen LogP contribution in [0.4, 0.5) is 0 Å². The van der Waals surface area contributed by atoms with E-state index in [1.54, 1.807) is 13.2 Å². The molecule has 0 amide bonds. The minimum atomic E-state index is -0.151. The fourth-order valence-electron chi connectivity index (χ4n) is 3.42. The van der Waals surface area contributed by atoms with E-state index in [4.69, 9.17) is 14.9 Å². The molecule has 0 saturated carbocycles. The fourth-order valence-corrected chi connectivity index (χ4v) is 3.42. The molecule has 0 unspecified atom stereocenters. The summed E-state index contributed by atoms with van der Waals surface area (Å²) < 4.78 is 14.2. The summed E-state index contributed by atoms with van der Waals surface area (Å²) in [6.07, 6.45) is 1.81. The topological polar surface area (TPSA) is 94.5 Å². The summed E-state index contributed by atoms with van der Waals surface area (Å²) in [5, 5.41) is 17.4. The van der Waals surface area contributed by atoms with Gasteiger partial charge in [0, 0.05) is 11.1 Å². The van der Waals surface area contributed by atoms with Crippen molar-refractivity contribution in [1.82, 2.24) is 19.4 Å². The van der Waals surface area contributed by atoms with Crippen molar-refractivity contribution in [3.05, 3.63) is 46.6 Å². The van der Waals surface area contributed by atoms with Crippen molar-refractivity contribution in [3.8, 4) is 11.6 Å². The Morgan fingerprint density at radius 1 is 1.12 bits per heavy atom. The number of benzene rings is 1. The number of ketones is 1. The highest BCUT2D eigenvalue weighted by atomic mass is 35.5. The van der Waals surface area contributed by atoms with E-state index >= 15 is 0 Å². The number of nitrogens with one attached hydrogen (secondary N) is 1. The number of hydrogen-bond acceptors (Lipinski definition) is 6. The molecule has 9 heteroatoms. The Hall–Kier alpha value is -2.87. The van der Waals surface area contributed by atoms with Gasteiger partial charge in [0.05, 0.1) is 13.2 Å². The lowest BCUT2D eigenvalue weighted by Crippen LogP contribution is -2.27. The van der Waals surface area contributed by atoms with Crippen LogP contribution in [0.1, 0.15) is 68.9 Å². The smallest absolute Gasteiger partial charge is 0.242 e. The largest absolute Gasteiger partial charge is 0.497 e. The van der Waals surface area contributed by atoms with Gasteiger partial charge in [-0.15, -0.1) is 22.6 Å². The molecule has 33 heavy (non-hydrogen) atoms. The van der Waals surface area contributed by atoms with Gasteiger partial charge in [-0.3, -0.25) is 10.2 Å². The number of nitrogens with zero attached hydrogens (tertiary/aromatic N) is 4. The molecule has 0 aliphatic rings. The highest BCUT2D eigenvalue weighted by Gasteiger charge is 2.20. The van der Waals surface area contributed by atoms with E-state index in [-0.39, 0.29) is 41.9 Å². The Balaban J connectivity index is 0.00000385. The Morgan fingerprint density at radius 3 is 2.36 bits per heavy atom. The van der Waals surface area contributed by atoms with Gasteiger partial charge in [-0.05, 0) is 55.0 Å². The zero-order chi connectivity index (χ0) is 23.6. The molecule has 0 fully saturated rings. The average Bonchev–Trinajstić information content (AvgIpc) is 3.05. The number of halogens is 1. The maximum Gasteiger partial charge on any atom is 0.242 e. The Morgan fingerprint density at radius 2 is 1.79 bits per heavy atom. The van der Waals surface area contributed by atoms with Gasteiger partial charge in [0.1, 0.15) is 12.3 Å². The highest BCUT2D eigenvalue weighted by Crippen LogP contribution is 2.28. The van der Waals surface area contributed by atoms with Gasteiger partial charge in [0.15, 0.2) is 11.4 Å². The van der Waals surface area contributed by atoms with Gasteiger partial charge in [0.2, 0.25) is 11.5 Å². The molecule has 0 aliphatic heterocycles. The van der Waals surface area contributed by atoms with E-state index in [0.29, 0.717) is 22.8 Å². The third-order valence-electron chi connectivity index (χ3n) is 5.57. The fraction of sp³-hybridized carbons (Fsp3) is 0.500. The number of carbonyl (C=O) groups excluding carboxylic acids is 1. The first-order valence-corrected chi connectivity index (χ1v) is 11.0. The summed E-state index contributed by atoms with van der Waals surface area (Å²) in [5.41, 5.74) is 2.76. The van der Waals surface area contributed by atoms with Crippen LogP contribution in [0, 0.1) is 12.3 Å². The summed E-state index contributed by atoms with van der Waals surface area (Å²) in [7, 11) is 1.59. The number of methoxy groups -OCH3 is 1. The minimum absolute atomic E-state index is 0. The van der Waals surface area contributed by atoms with Gasteiger partial charge in [-0.2, -0.15) is 4.52 Å². The Kier molecular flexibility index (Phi) is 8.30. The monoisotopic (exact) mass is 475 g/mol. The zero-order valence-corrected chi connectivity index (χ0v) is 21.2. The van der Waals surface area contributed by atoms with Crippen LogP contribution in [-0.4, -0.2) is 38.4 Å². The number of rotatable bonds is 8. The number of Topliss-reactive ketones (excluding diaryl/α,β-unsaturated/α-hetero) is 1. The van der Waals surface area contributed by atoms with E-state index < -0.39 is 0 Å². The Bertz CT molecular complexity index is 1190. The zero-order valence-electron chi connectivity index (χ0n) is 20.4. The number of ether oxygens (including phenoxy) is 2. The van der Waals surface area contributed by atoms with E-state index in [1.165, 1.54) is 9.20 Å². The summed E-state index contributed by atoms with van der Waals surface area (Å²) in [6.45, 7) is 12.2. The minimum Gasteiger partial charge on any atom is -0.497 e. The second-order valence-corrected chi connectivity index (χ2v) is 9.06. The van der Waals surface area contributed by atoms with Gasteiger partial charge in [0.25, 0.3) is 0 Å². The van der Waals surface area contributed by atoms with Crippen LogP contribution in [0.5, 0.6) is 11.6 Å². The van der Waals surface area contributed by atoms with Crippen LogP contribution < -0.4 is 15.1 Å². The highest BCUT2D eigenvalue weighted by molar-refractivity contribution is 5.96. The van der Waals surface area contributed by atoms with Crippen molar-refractivity contribution < 1.29 is 14.3 Å². The van der Waals surface area contributed by atoms with Crippen LogP contribution in [0.3, 0.4) is 0 Å². The van der Waals surface area contributed by atoms with Crippen LogP contribution in [0.2, 0.25) is 0 Å². The van der Waals surface area contributed by atoms with Gasteiger partial charge in [-0.1, -0.05) is 34.6 Å². The van der Waals surface area contributed by atoms with Crippen molar-refractivity contribution in [2.75, 3.05) is 7.11 Å². The van der Waals surface area contributed by atoms with Gasteiger partial charge in [-0.25, -0.2) is 4.68 Å². The lowest BCUT2D eigenvalue weighted by molar-refractivity contribution is 0.0965. The number of aromatic nitrogens is 4. The van der Waals surface area contributed by atoms with Crippen molar-refractivity contribution in [1.29, 1.82) is 5.41 Å². The molecule has 0 atom stereocenters. The first-order chi connectivity index (χ1) is 15.1. The summed E-state index contributed by atoms with van der Waals surface area (Å²) in [4.78, 5) is 13.1. The van der Waals surface area contributed by atoms with Crippen molar-refractivity contribution in [2.45, 2.75) is 72.4 Å². The SMILES string of the molecule is CCC(CC)Oc1nn2c(=N)n(CC(=O)c3cc(OC)cc(C(C)(C)C)c3)nc2cc1C.Cl. The third kappa shape index (κ3) is 5.74. The first-order valence-electron chi connectivity index (χ1n) is 11.0. The predicted molar refractivity (Wildman–Crippen MR) is 130 cm³/mol. The molecule has 0 aliphatic carbocycles. The van der Waals surface area contributed by atoms with E-state index in [9.17, 15) is 4.79 Å². The molecule has 8 nitrogen and oxygen atoms in total. The second-order valence-electron chi connectivity index (χ2n) is 9.06. The Labute approximate surface area is 200 Å². The maximum atomic E-state index is 13.1. The molecule has 1 N–H and O–H groups in total. The average molecular weight is 476 g/mol. The first kappa shape index (κ1) is 26.4. The van der Waals surface area contributed by atoms with Crippen LogP contribution >= 0.6 is 12.4 Å². The number of fused-ring (bicyclic) bond motifs is 1. The van der Waals surface area contributed by atoms with Crippen molar-refractivity contribution >= 4 is 23.8 Å². The van der Waals surface area contributed by atoms with E-state index in [1.807, 2.05) is 25.1 Å². The van der Waals surface area contributed by atoms with Gasteiger partial charge < -0.3 is 9.47 Å². The molecule has 180 valence electrons. The molecule has 1 aromatic carbocycles. The summed E-state index contributed by atoms with van der Waals surface area (Å²) in [6, 6.07) is 7.38. The standard InChI is InChI=1S/C24H33N5O3.ClH/c1-8-18(9-2)32-22-15(3)10-21-26-28(23(25)29(21)27-22)14-20(30)16-11-17(24(4,5)6)13-19(12-16)31-7;/h10-13,18,25H,8-9,14H2,1-7H3;1H. The molecule has 0 radical (unpaired) electrons. The lowest BCUT2D eigenvalue weighted by atomic mass is 9.85. The number of aryl methyl sites for hydroxylation is 1. The normalized spacial score (nSPS) is 11.5. The maximum absolute atomic E-state index is 13.1.